The van der Waals surface area contributed by atoms with E-state index in [-0.39, 0.29) is 64.1 Å². The van der Waals surface area contributed by atoms with Crippen LogP contribution in [0.25, 0.3) is 11.6 Å². The molecule has 0 fully saturated rings. The minimum atomic E-state index is -4.21. The molecule has 0 aliphatic rings. The third-order valence-electron chi connectivity index (χ3n) is 7.01. The molecule has 3 aromatic carbocycles. The van der Waals surface area contributed by atoms with Crippen LogP contribution >= 0.6 is 0 Å². The molecule has 0 aliphatic heterocycles. The number of nitrogens with zero attached hydrogens (tertiary/aromatic N) is 4. The van der Waals surface area contributed by atoms with Gasteiger partial charge in [0, 0.05) is 18.1 Å². The minimum absolute atomic E-state index is 0.00477. The smallest absolute Gasteiger partial charge is 0.263 e. The Kier molecular flexibility index (Phi) is 10.2. The van der Waals surface area contributed by atoms with E-state index in [1.54, 1.807) is 48.5 Å². The largest absolute Gasteiger partial charge is 0.493 e. The van der Waals surface area contributed by atoms with Crippen LogP contribution in [0, 0.1) is 6.92 Å². The number of sulfonamides is 1. The van der Waals surface area contributed by atoms with Crippen molar-refractivity contribution in [3.05, 3.63) is 102 Å². The predicted molar refractivity (Wildman–Crippen MR) is 182 cm³/mol. The zero-order valence-corrected chi connectivity index (χ0v) is 28.0. The zero-order valence-electron chi connectivity index (χ0n) is 27.2. The van der Waals surface area contributed by atoms with E-state index in [9.17, 15) is 13.2 Å². The van der Waals surface area contributed by atoms with E-state index in [0.717, 1.165) is 11.1 Å². The van der Waals surface area contributed by atoms with E-state index < -0.39 is 10.0 Å². The Labute approximate surface area is 279 Å². The lowest BCUT2D eigenvalue weighted by Gasteiger charge is -2.20. The lowest BCUT2D eigenvalue weighted by molar-refractivity contribution is -0.116. The number of amides is 1. The van der Waals surface area contributed by atoms with Crippen molar-refractivity contribution in [1.29, 1.82) is 0 Å². The van der Waals surface area contributed by atoms with Gasteiger partial charge in [0.05, 0.1) is 25.0 Å². The van der Waals surface area contributed by atoms with E-state index in [1.165, 1.54) is 31.6 Å². The summed E-state index contributed by atoms with van der Waals surface area (Å²) in [7, 11) is -2.73. The van der Waals surface area contributed by atoms with Crippen molar-refractivity contribution < 1.29 is 27.4 Å². The number of hydrogen-bond donors (Lipinski definition) is 2. The van der Waals surface area contributed by atoms with Crippen LogP contribution < -0.4 is 24.2 Å². The SMILES string of the molecule is COc1ccccc1Oc1c(NS(=O)(=O)c2ccc(C(C)(C)C)cc2)nc(-c2ncccn2)nc1OCCC(=O)Nc1cccc(C)c1. The Morgan fingerprint density at radius 1 is 0.854 bits per heavy atom. The molecule has 2 N–H and O–H groups in total. The molecule has 5 aromatic rings. The summed E-state index contributed by atoms with van der Waals surface area (Å²) in [6.07, 6.45) is 2.95. The van der Waals surface area contributed by atoms with Crippen LogP contribution in [0.1, 0.15) is 38.3 Å². The molecular weight excluding hydrogens is 632 g/mol. The van der Waals surface area contributed by atoms with Gasteiger partial charge >= 0.3 is 0 Å². The molecule has 0 atom stereocenters. The molecular formula is C35H36N6O6S. The van der Waals surface area contributed by atoms with Crippen molar-refractivity contribution in [2.24, 2.45) is 0 Å². The number of aryl methyl sites for hydroxylation is 1. The lowest BCUT2D eigenvalue weighted by Crippen LogP contribution is -2.18. The molecule has 248 valence electrons. The maximum Gasteiger partial charge on any atom is 0.263 e. The van der Waals surface area contributed by atoms with Gasteiger partial charge in [0.2, 0.25) is 17.5 Å². The Bertz CT molecular complexity index is 2000. The molecule has 5 rings (SSSR count). The summed E-state index contributed by atoms with van der Waals surface area (Å²) in [6.45, 7) is 7.92. The van der Waals surface area contributed by atoms with Crippen LogP contribution in [0.2, 0.25) is 0 Å². The molecule has 1 amide bonds. The Hall–Kier alpha value is -5.56. The van der Waals surface area contributed by atoms with Crippen molar-refractivity contribution in [2.75, 3.05) is 23.8 Å². The molecule has 0 saturated carbocycles. The maximum absolute atomic E-state index is 13.8. The van der Waals surface area contributed by atoms with Crippen LogP contribution in [-0.4, -0.2) is 48.0 Å². The molecule has 2 heterocycles. The third-order valence-corrected chi connectivity index (χ3v) is 8.37. The topological polar surface area (TPSA) is 155 Å². The summed E-state index contributed by atoms with van der Waals surface area (Å²) in [5, 5.41) is 2.84. The number of aromatic nitrogens is 4. The first-order valence-corrected chi connectivity index (χ1v) is 16.5. The van der Waals surface area contributed by atoms with Crippen molar-refractivity contribution in [1.82, 2.24) is 19.9 Å². The number of nitrogens with one attached hydrogen (secondary N) is 2. The van der Waals surface area contributed by atoms with Crippen molar-refractivity contribution in [2.45, 2.75) is 44.4 Å². The summed E-state index contributed by atoms with van der Waals surface area (Å²) >= 11 is 0. The van der Waals surface area contributed by atoms with Gasteiger partial charge < -0.3 is 19.5 Å². The molecule has 0 saturated heterocycles. The second-order valence-electron chi connectivity index (χ2n) is 11.8. The highest BCUT2D eigenvalue weighted by Crippen LogP contribution is 2.41. The Balaban J connectivity index is 1.54. The highest BCUT2D eigenvalue weighted by molar-refractivity contribution is 7.92. The normalized spacial score (nSPS) is 11.4. The van der Waals surface area contributed by atoms with Crippen LogP contribution in [0.15, 0.2) is 96.2 Å². The molecule has 13 heteroatoms. The predicted octanol–water partition coefficient (Wildman–Crippen LogP) is 6.55. The number of carbonyl (C=O) groups is 1. The number of anilines is 2. The summed E-state index contributed by atoms with van der Waals surface area (Å²) in [5.41, 5.74) is 2.44. The molecule has 0 unspecified atom stereocenters. The number of benzene rings is 3. The standard InChI is InChI=1S/C35H36N6O6S/c1-23-10-8-11-25(22-23)38-29(42)18-21-46-34-30(47-28-13-7-6-12-27(28)45-5)31(39-33(40-34)32-36-19-9-20-37-32)41-48(43,44)26-16-14-24(15-17-26)35(2,3)4/h6-17,19-20,22H,18,21H2,1-5H3,(H,38,42)(H,39,40,41). The van der Waals surface area contributed by atoms with E-state index in [0.29, 0.717) is 11.4 Å². The van der Waals surface area contributed by atoms with E-state index >= 15 is 0 Å². The van der Waals surface area contributed by atoms with Gasteiger partial charge in [-0.05, 0) is 65.9 Å². The van der Waals surface area contributed by atoms with Gasteiger partial charge in [-0.1, -0.05) is 57.2 Å². The summed E-state index contributed by atoms with van der Waals surface area (Å²) < 4.78 is 47.8. The number of carbonyl (C=O) groups excluding carboxylic acids is 1. The van der Waals surface area contributed by atoms with Crippen molar-refractivity contribution in [3.8, 4) is 34.8 Å². The summed E-state index contributed by atoms with van der Waals surface area (Å²) in [6, 6.07) is 22.4. The monoisotopic (exact) mass is 668 g/mol. The van der Waals surface area contributed by atoms with Gasteiger partial charge in [-0.15, -0.1) is 0 Å². The molecule has 0 aliphatic carbocycles. The number of ether oxygens (including phenoxy) is 3. The number of hydrogen-bond acceptors (Lipinski definition) is 10. The number of para-hydroxylation sites is 2. The van der Waals surface area contributed by atoms with Gasteiger partial charge in [0.1, 0.15) is 0 Å². The number of methoxy groups -OCH3 is 1. The first-order valence-electron chi connectivity index (χ1n) is 15.1. The second-order valence-corrected chi connectivity index (χ2v) is 13.4. The molecule has 48 heavy (non-hydrogen) atoms. The van der Waals surface area contributed by atoms with Crippen molar-refractivity contribution in [3.63, 3.8) is 0 Å². The van der Waals surface area contributed by atoms with Gasteiger partial charge in [-0.2, -0.15) is 4.98 Å². The number of rotatable bonds is 12. The van der Waals surface area contributed by atoms with Gasteiger partial charge in [-0.25, -0.2) is 23.4 Å². The molecule has 0 bridgehead atoms. The average Bonchev–Trinajstić information content (AvgIpc) is 3.06. The fraction of sp³-hybridized carbons (Fsp3) is 0.229. The van der Waals surface area contributed by atoms with Gasteiger partial charge in [0.15, 0.2) is 23.1 Å². The molecule has 12 nitrogen and oxygen atoms in total. The highest BCUT2D eigenvalue weighted by atomic mass is 32.2. The van der Waals surface area contributed by atoms with Crippen LogP contribution in [0.3, 0.4) is 0 Å². The minimum Gasteiger partial charge on any atom is -0.493 e. The summed E-state index contributed by atoms with van der Waals surface area (Å²) in [4.78, 5) is 30.2. The molecule has 0 radical (unpaired) electrons. The summed E-state index contributed by atoms with van der Waals surface area (Å²) in [5.74, 6) is -0.171. The lowest BCUT2D eigenvalue weighted by atomic mass is 9.87. The Morgan fingerprint density at radius 2 is 1.56 bits per heavy atom. The second kappa shape index (κ2) is 14.5. The third kappa shape index (κ3) is 8.42. The van der Waals surface area contributed by atoms with Crippen molar-refractivity contribution >= 4 is 27.4 Å². The van der Waals surface area contributed by atoms with Crippen LogP contribution in [0.4, 0.5) is 11.5 Å². The maximum atomic E-state index is 13.8. The van der Waals surface area contributed by atoms with Crippen LogP contribution in [0.5, 0.6) is 23.1 Å². The molecule has 0 spiro atoms. The first-order chi connectivity index (χ1) is 22.9. The fourth-order valence-corrected chi connectivity index (χ4v) is 5.53. The van der Waals surface area contributed by atoms with Gasteiger partial charge in [-0.3, -0.25) is 9.52 Å². The highest BCUT2D eigenvalue weighted by Gasteiger charge is 2.26. The Morgan fingerprint density at radius 3 is 2.23 bits per heavy atom. The van der Waals surface area contributed by atoms with E-state index in [2.05, 4.69) is 30.0 Å². The molecule has 2 aromatic heterocycles. The van der Waals surface area contributed by atoms with E-state index in [4.69, 9.17) is 14.2 Å². The average molecular weight is 669 g/mol. The fourth-order valence-electron chi connectivity index (χ4n) is 4.52. The van der Waals surface area contributed by atoms with E-state index in [1.807, 2.05) is 45.9 Å². The first kappa shape index (κ1) is 33.8. The quantitative estimate of drug-likeness (QED) is 0.150. The van der Waals surface area contributed by atoms with Gasteiger partial charge in [0.25, 0.3) is 15.9 Å². The zero-order chi connectivity index (χ0) is 34.3. The van der Waals surface area contributed by atoms with Crippen LogP contribution in [-0.2, 0) is 20.2 Å².